The Balaban J connectivity index is 2.65. The summed E-state index contributed by atoms with van der Waals surface area (Å²) in [4.78, 5) is 22.3. The van der Waals surface area contributed by atoms with Crippen LogP contribution in [-0.2, 0) is 6.42 Å². The van der Waals surface area contributed by atoms with Crippen molar-refractivity contribution in [2.45, 2.75) is 13.3 Å². The highest BCUT2D eigenvalue weighted by Gasteiger charge is 2.08. The third kappa shape index (κ3) is 1.97. The Kier molecular flexibility index (Phi) is 3.01. The van der Waals surface area contributed by atoms with Gasteiger partial charge in [-0.25, -0.2) is 0 Å². The lowest BCUT2D eigenvalue weighted by Gasteiger charge is -2.06. The second-order valence-electron chi connectivity index (χ2n) is 3.28. The van der Waals surface area contributed by atoms with Crippen LogP contribution in [0, 0.1) is 0 Å². The Bertz CT molecular complexity index is 551. The summed E-state index contributed by atoms with van der Waals surface area (Å²) in [6, 6.07) is 1.63. The van der Waals surface area contributed by atoms with Crippen LogP contribution < -0.4 is 5.56 Å². The average Bonchev–Trinajstić information content (AvgIpc) is 2.33. The fourth-order valence-electron chi connectivity index (χ4n) is 1.49. The minimum Gasteiger partial charge on any atom is -0.324 e. The molecule has 0 bridgehead atoms. The quantitative estimate of drug-likeness (QED) is 0.867. The number of hydrogen-bond acceptors (Lipinski definition) is 3. The molecule has 0 fully saturated rings. The highest BCUT2D eigenvalue weighted by Crippen LogP contribution is 2.21. The van der Waals surface area contributed by atoms with Gasteiger partial charge in [0.25, 0.3) is 5.56 Å². The van der Waals surface area contributed by atoms with Gasteiger partial charge in [-0.3, -0.25) is 14.8 Å². The maximum Gasteiger partial charge on any atom is 0.266 e. The van der Waals surface area contributed by atoms with Crippen molar-refractivity contribution in [3.05, 3.63) is 45.7 Å². The standard InChI is InChI=1S/C11H10ClN3O/c1-2-9-7(5-8(12)11(16)15-9)10-6-13-3-4-14-10/h3-6H,2H2,1H3,(H,15,16). The van der Waals surface area contributed by atoms with Crippen molar-refractivity contribution in [2.24, 2.45) is 0 Å². The lowest BCUT2D eigenvalue weighted by molar-refractivity contribution is 1.01. The van der Waals surface area contributed by atoms with Gasteiger partial charge in [0.2, 0.25) is 0 Å². The summed E-state index contributed by atoms with van der Waals surface area (Å²) in [5.41, 5.74) is 2.07. The minimum atomic E-state index is -0.272. The molecule has 0 atom stereocenters. The molecule has 2 aromatic heterocycles. The predicted molar refractivity (Wildman–Crippen MR) is 62.5 cm³/mol. The third-order valence-corrected chi connectivity index (χ3v) is 2.55. The molecule has 0 spiro atoms. The number of halogens is 1. The van der Waals surface area contributed by atoms with Crippen LogP contribution in [0.1, 0.15) is 12.6 Å². The summed E-state index contributed by atoms with van der Waals surface area (Å²) in [5, 5.41) is 0.165. The highest BCUT2D eigenvalue weighted by molar-refractivity contribution is 6.30. The number of hydrogen-bond donors (Lipinski definition) is 1. The van der Waals surface area contributed by atoms with E-state index in [1.54, 1.807) is 24.7 Å². The second-order valence-corrected chi connectivity index (χ2v) is 3.69. The Labute approximate surface area is 97.3 Å². The van der Waals surface area contributed by atoms with E-state index in [9.17, 15) is 4.79 Å². The van der Waals surface area contributed by atoms with Gasteiger partial charge in [0, 0.05) is 23.7 Å². The van der Waals surface area contributed by atoms with Crippen LogP contribution in [0.25, 0.3) is 11.3 Å². The van der Waals surface area contributed by atoms with E-state index in [0.29, 0.717) is 12.1 Å². The average molecular weight is 236 g/mol. The van der Waals surface area contributed by atoms with E-state index in [4.69, 9.17) is 11.6 Å². The van der Waals surface area contributed by atoms with Gasteiger partial charge in [-0.05, 0) is 12.5 Å². The monoisotopic (exact) mass is 235 g/mol. The summed E-state index contributed by atoms with van der Waals surface area (Å²) in [5.74, 6) is 0. The van der Waals surface area contributed by atoms with Crippen molar-refractivity contribution in [3.8, 4) is 11.3 Å². The van der Waals surface area contributed by atoms with Gasteiger partial charge < -0.3 is 4.98 Å². The fourth-order valence-corrected chi connectivity index (χ4v) is 1.65. The number of aryl methyl sites for hydroxylation is 1. The first-order chi connectivity index (χ1) is 7.72. The zero-order valence-corrected chi connectivity index (χ0v) is 9.45. The van der Waals surface area contributed by atoms with Crippen molar-refractivity contribution >= 4 is 11.6 Å². The molecular weight excluding hydrogens is 226 g/mol. The van der Waals surface area contributed by atoms with Gasteiger partial charge in [-0.2, -0.15) is 0 Å². The molecule has 0 aliphatic heterocycles. The zero-order valence-electron chi connectivity index (χ0n) is 8.70. The number of nitrogens with zero attached hydrogens (tertiary/aromatic N) is 2. The van der Waals surface area contributed by atoms with Gasteiger partial charge >= 0.3 is 0 Å². The maximum absolute atomic E-state index is 11.4. The van der Waals surface area contributed by atoms with E-state index in [-0.39, 0.29) is 10.6 Å². The molecule has 1 N–H and O–H groups in total. The van der Waals surface area contributed by atoms with Crippen LogP contribution in [0.5, 0.6) is 0 Å². The SMILES string of the molecule is CCc1[nH]c(=O)c(Cl)cc1-c1cnccn1. The summed E-state index contributed by atoms with van der Waals surface area (Å²) in [6.07, 6.45) is 5.55. The molecule has 0 unspecified atom stereocenters. The molecule has 2 aromatic rings. The first kappa shape index (κ1) is 10.8. The molecule has 0 aliphatic rings. The second kappa shape index (κ2) is 4.45. The first-order valence-electron chi connectivity index (χ1n) is 4.90. The largest absolute Gasteiger partial charge is 0.324 e. The molecule has 16 heavy (non-hydrogen) atoms. The van der Waals surface area contributed by atoms with Gasteiger partial charge in [-0.15, -0.1) is 0 Å². The van der Waals surface area contributed by atoms with Crippen molar-refractivity contribution in [1.29, 1.82) is 0 Å². The lowest BCUT2D eigenvalue weighted by atomic mass is 10.1. The smallest absolute Gasteiger partial charge is 0.266 e. The van der Waals surface area contributed by atoms with Crippen molar-refractivity contribution in [2.75, 3.05) is 0 Å². The zero-order chi connectivity index (χ0) is 11.5. The van der Waals surface area contributed by atoms with Crippen molar-refractivity contribution in [3.63, 3.8) is 0 Å². The van der Waals surface area contributed by atoms with Gasteiger partial charge in [0.1, 0.15) is 5.02 Å². The lowest BCUT2D eigenvalue weighted by Crippen LogP contribution is -2.10. The Morgan fingerprint density at radius 2 is 2.25 bits per heavy atom. The number of aromatic amines is 1. The molecule has 0 aliphatic carbocycles. The van der Waals surface area contributed by atoms with E-state index < -0.39 is 0 Å². The van der Waals surface area contributed by atoms with E-state index >= 15 is 0 Å². The number of nitrogens with one attached hydrogen (secondary N) is 1. The third-order valence-electron chi connectivity index (χ3n) is 2.27. The Morgan fingerprint density at radius 3 is 2.88 bits per heavy atom. The number of H-pyrrole nitrogens is 1. The van der Waals surface area contributed by atoms with Gasteiger partial charge in [0.05, 0.1) is 11.9 Å². The van der Waals surface area contributed by atoms with E-state index in [1.807, 2.05) is 6.92 Å². The normalized spacial score (nSPS) is 10.4. The number of rotatable bonds is 2. The van der Waals surface area contributed by atoms with Crippen LogP contribution in [0.2, 0.25) is 5.02 Å². The van der Waals surface area contributed by atoms with Crippen LogP contribution in [0.4, 0.5) is 0 Å². The summed E-state index contributed by atoms with van der Waals surface area (Å²) >= 11 is 5.80. The summed E-state index contributed by atoms with van der Waals surface area (Å²) < 4.78 is 0. The maximum atomic E-state index is 11.4. The molecule has 2 rings (SSSR count). The molecule has 0 amide bonds. The first-order valence-corrected chi connectivity index (χ1v) is 5.28. The predicted octanol–water partition coefficient (Wildman–Crippen LogP) is 2.05. The van der Waals surface area contributed by atoms with Crippen LogP contribution in [0.15, 0.2) is 29.5 Å². The molecule has 0 saturated carbocycles. The molecule has 0 radical (unpaired) electrons. The Morgan fingerprint density at radius 1 is 1.44 bits per heavy atom. The molecule has 82 valence electrons. The topological polar surface area (TPSA) is 58.6 Å². The van der Waals surface area contributed by atoms with Gasteiger partial charge in [-0.1, -0.05) is 18.5 Å². The van der Waals surface area contributed by atoms with E-state index in [0.717, 1.165) is 11.3 Å². The molecule has 4 nitrogen and oxygen atoms in total. The molecule has 0 aromatic carbocycles. The van der Waals surface area contributed by atoms with Gasteiger partial charge in [0.15, 0.2) is 0 Å². The number of aromatic nitrogens is 3. The fraction of sp³-hybridized carbons (Fsp3) is 0.182. The van der Waals surface area contributed by atoms with Crippen LogP contribution in [0.3, 0.4) is 0 Å². The molecule has 5 heteroatoms. The minimum absolute atomic E-state index is 0.165. The highest BCUT2D eigenvalue weighted by atomic mass is 35.5. The van der Waals surface area contributed by atoms with Crippen LogP contribution in [-0.4, -0.2) is 15.0 Å². The molecule has 0 saturated heterocycles. The number of pyridine rings is 1. The van der Waals surface area contributed by atoms with E-state index in [2.05, 4.69) is 15.0 Å². The van der Waals surface area contributed by atoms with Crippen LogP contribution >= 0.6 is 11.6 Å². The Hall–Kier alpha value is -1.68. The van der Waals surface area contributed by atoms with Crippen molar-refractivity contribution < 1.29 is 0 Å². The summed E-state index contributed by atoms with van der Waals surface area (Å²) in [7, 11) is 0. The summed E-state index contributed by atoms with van der Waals surface area (Å²) in [6.45, 7) is 1.96. The molecular formula is C11H10ClN3O. The van der Waals surface area contributed by atoms with E-state index in [1.165, 1.54) is 0 Å². The van der Waals surface area contributed by atoms with Crippen molar-refractivity contribution in [1.82, 2.24) is 15.0 Å². The molecule has 2 heterocycles.